The van der Waals surface area contributed by atoms with Crippen LogP contribution in [0.3, 0.4) is 0 Å². The van der Waals surface area contributed by atoms with Crippen LogP contribution in [-0.4, -0.2) is 37.5 Å². The SMILES string of the molecule is COc1cc(/C=C2\C(=O)NC(=O)N(c3ccc(F)cc3)C2=O)cc(I)c1OCC(=O)Nc1ccc(C)cc1. The van der Waals surface area contributed by atoms with Crippen LogP contribution in [0.25, 0.3) is 6.08 Å². The second kappa shape index (κ2) is 11.4. The molecule has 1 fully saturated rings. The molecule has 194 valence electrons. The number of carbonyl (C=O) groups excluding carboxylic acids is 4. The number of hydrogen-bond donors (Lipinski definition) is 2. The molecule has 3 aromatic rings. The first-order chi connectivity index (χ1) is 18.2. The fourth-order valence-corrected chi connectivity index (χ4v) is 4.36. The Balaban J connectivity index is 1.55. The molecule has 1 aliphatic rings. The maximum Gasteiger partial charge on any atom is 0.335 e. The Morgan fingerprint density at radius 1 is 1.08 bits per heavy atom. The number of methoxy groups -OCH3 is 1. The topological polar surface area (TPSA) is 114 Å². The molecule has 5 amide bonds. The van der Waals surface area contributed by atoms with Gasteiger partial charge in [0.15, 0.2) is 18.1 Å². The van der Waals surface area contributed by atoms with Crippen molar-refractivity contribution in [2.45, 2.75) is 6.92 Å². The number of barbiturate groups is 1. The van der Waals surface area contributed by atoms with Crippen LogP contribution in [0.4, 0.5) is 20.6 Å². The predicted molar refractivity (Wildman–Crippen MR) is 146 cm³/mol. The Labute approximate surface area is 230 Å². The molecule has 3 aromatic carbocycles. The van der Waals surface area contributed by atoms with E-state index in [0.717, 1.165) is 22.6 Å². The maximum atomic E-state index is 13.3. The minimum atomic E-state index is -0.941. The van der Waals surface area contributed by atoms with E-state index in [0.29, 0.717) is 20.6 Å². The van der Waals surface area contributed by atoms with Crippen LogP contribution in [0.5, 0.6) is 11.5 Å². The summed E-state index contributed by atoms with van der Waals surface area (Å²) in [6.45, 7) is 1.66. The van der Waals surface area contributed by atoms with Crippen molar-refractivity contribution in [1.29, 1.82) is 0 Å². The average Bonchev–Trinajstić information content (AvgIpc) is 2.88. The number of nitrogens with one attached hydrogen (secondary N) is 2. The van der Waals surface area contributed by atoms with Gasteiger partial charge in [0, 0.05) is 5.69 Å². The molecule has 1 saturated heterocycles. The molecule has 4 rings (SSSR count). The Morgan fingerprint density at radius 3 is 2.42 bits per heavy atom. The quantitative estimate of drug-likeness (QED) is 0.227. The van der Waals surface area contributed by atoms with E-state index in [1.165, 1.54) is 31.4 Å². The first-order valence-corrected chi connectivity index (χ1v) is 12.3. The minimum absolute atomic E-state index is 0.104. The molecule has 9 nitrogen and oxygen atoms in total. The third-order valence-electron chi connectivity index (χ3n) is 5.43. The summed E-state index contributed by atoms with van der Waals surface area (Å²) in [6.07, 6.45) is 1.30. The molecule has 0 bridgehead atoms. The van der Waals surface area contributed by atoms with E-state index in [2.05, 4.69) is 10.6 Å². The van der Waals surface area contributed by atoms with E-state index in [-0.39, 0.29) is 29.5 Å². The van der Waals surface area contributed by atoms with E-state index < -0.39 is 23.7 Å². The summed E-state index contributed by atoms with van der Waals surface area (Å²) in [5.74, 6) is -2.08. The van der Waals surface area contributed by atoms with Gasteiger partial charge in [-0.05, 0) is 89.7 Å². The van der Waals surface area contributed by atoms with E-state index in [1.807, 2.05) is 41.6 Å². The highest BCUT2D eigenvalue weighted by molar-refractivity contribution is 14.1. The van der Waals surface area contributed by atoms with Crippen LogP contribution in [0.2, 0.25) is 0 Å². The number of anilines is 2. The third kappa shape index (κ3) is 5.99. The third-order valence-corrected chi connectivity index (χ3v) is 6.23. The van der Waals surface area contributed by atoms with E-state index >= 15 is 0 Å². The molecule has 0 saturated carbocycles. The summed E-state index contributed by atoms with van der Waals surface area (Å²) in [6, 6.07) is 14.3. The molecule has 2 N–H and O–H groups in total. The summed E-state index contributed by atoms with van der Waals surface area (Å²) in [5.41, 5.74) is 1.91. The number of rotatable bonds is 7. The van der Waals surface area contributed by atoms with Gasteiger partial charge in [-0.1, -0.05) is 17.7 Å². The van der Waals surface area contributed by atoms with Crippen LogP contribution in [0.1, 0.15) is 11.1 Å². The number of ether oxygens (including phenoxy) is 2. The van der Waals surface area contributed by atoms with Crippen molar-refractivity contribution >= 4 is 63.8 Å². The van der Waals surface area contributed by atoms with Gasteiger partial charge in [0.25, 0.3) is 17.7 Å². The first kappa shape index (κ1) is 26.8. The molecular weight excluding hydrogens is 608 g/mol. The van der Waals surface area contributed by atoms with Gasteiger partial charge < -0.3 is 14.8 Å². The molecule has 0 atom stereocenters. The van der Waals surface area contributed by atoms with Crippen molar-refractivity contribution in [2.24, 2.45) is 0 Å². The average molecular weight is 629 g/mol. The standard InChI is InChI=1S/C27H21FIN3O6/c1-15-3-7-18(8-4-15)30-23(33)14-38-24-21(29)12-16(13-22(24)37-2)11-20-25(34)31-27(36)32(26(20)35)19-9-5-17(28)6-10-19/h3-13H,14H2,1-2H3,(H,30,33)(H,31,34,36)/b20-11+. The number of halogens is 2. The van der Waals surface area contributed by atoms with Gasteiger partial charge in [0.2, 0.25) is 0 Å². The molecule has 0 spiro atoms. The molecule has 1 aliphatic heterocycles. The molecule has 0 aromatic heterocycles. The van der Waals surface area contributed by atoms with Gasteiger partial charge in [-0.2, -0.15) is 0 Å². The van der Waals surface area contributed by atoms with Crippen molar-refractivity contribution < 1.29 is 33.0 Å². The number of urea groups is 1. The zero-order valence-corrected chi connectivity index (χ0v) is 22.4. The minimum Gasteiger partial charge on any atom is -0.493 e. The van der Waals surface area contributed by atoms with Gasteiger partial charge in [0.05, 0.1) is 16.4 Å². The molecule has 1 heterocycles. The second-order valence-corrected chi connectivity index (χ2v) is 9.33. The number of hydrogen-bond acceptors (Lipinski definition) is 6. The maximum absolute atomic E-state index is 13.3. The molecule has 0 unspecified atom stereocenters. The lowest BCUT2D eigenvalue weighted by Gasteiger charge is -2.26. The summed E-state index contributed by atoms with van der Waals surface area (Å²) < 4.78 is 25.0. The fourth-order valence-electron chi connectivity index (χ4n) is 3.58. The fraction of sp³-hybridized carbons (Fsp3) is 0.111. The highest BCUT2D eigenvalue weighted by Crippen LogP contribution is 2.35. The van der Waals surface area contributed by atoms with Crippen molar-refractivity contribution in [3.63, 3.8) is 0 Å². The first-order valence-electron chi connectivity index (χ1n) is 11.2. The van der Waals surface area contributed by atoms with E-state index in [9.17, 15) is 23.6 Å². The van der Waals surface area contributed by atoms with Crippen LogP contribution in [0.15, 0.2) is 66.2 Å². The lowest BCUT2D eigenvalue weighted by molar-refractivity contribution is -0.122. The van der Waals surface area contributed by atoms with Crippen LogP contribution < -0.4 is 25.0 Å². The molecule has 11 heteroatoms. The van der Waals surface area contributed by atoms with Crippen LogP contribution in [0, 0.1) is 16.3 Å². The van der Waals surface area contributed by atoms with Crippen molar-refractivity contribution in [3.05, 3.63) is 86.8 Å². The number of carbonyl (C=O) groups is 4. The van der Waals surface area contributed by atoms with Crippen molar-refractivity contribution in [2.75, 3.05) is 23.9 Å². The van der Waals surface area contributed by atoms with Crippen molar-refractivity contribution in [1.82, 2.24) is 5.32 Å². The van der Waals surface area contributed by atoms with Gasteiger partial charge in [-0.3, -0.25) is 19.7 Å². The molecule has 0 radical (unpaired) electrons. The highest BCUT2D eigenvalue weighted by Gasteiger charge is 2.36. The summed E-state index contributed by atoms with van der Waals surface area (Å²) in [5, 5.41) is 4.86. The Morgan fingerprint density at radius 2 is 1.76 bits per heavy atom. The van der Waals surface area contributed by atoms with Gasteiger partial charge in [-0.15, -0.1) is 0 Å². The lowest BCUT2D eigenvalue weighted by atomic mass is 10.1. The zero-order chi connectivity index (χ0) is 27.4. The number of aryl methyl sites for hydroxylation is 1. The Bertz CT molecular complexity index is 1450. The summed E-state index contributed by atoms with van der Waals surface area (Å²) >= 11 is 1.98. The molecule has 0 aliphatic carbocycles. The van der Waals surface area contributed by atoms with Crippen LogP contribution >= 0.6 is 22.6 Å². The Hall–Kier alpha value is -4.26. The number of amides is 5. The normalized spacial score (nSPS) is 14.4. The van der Waals surface area contributed by atoms with Gasteiger partial charge >= 0.3 is 6.03 Å². The highest BCUT2D eigenvalue weighted by atomic mass is 127. The zero-order valence-electron chi connectivity index (χ0n) is 20.2. The summed E-state index contributed by atoms with van der Waals surface area (Å²) in [4.78, 5) is 51.0. The smallest absolute Gasteiger partial charge is 0.335 e. The van der Waals surface area contributed by atoms with Crippen molar-refractivity contribution in [3.8, 4) is 11.5 Å². The monoisotopic (exact) mass is 629 g/mol. The number of benzene rings is 3. The number of imide groups is 2. The van der Waals surface area contributed by atoms with E-state index in [4.69, 9.17) is 9.47 Å². The second-order valence-electron chi connectivity index (χ2n) is 8.17. The predicted octanol–water partition coefficient (Wildman–Crippen LogP) is 4.43. The lowest BCUT2D eigenvalue weighted by Crippen LogP contribution is -2.54. The van der Waals surface area contributed by atoms with Crippen LogP contribution in [-0.2, 0) is 14.4 Å². The van der Waals surface area contributed by atoms with Gasteiger partial charge in [-0.25, -0.2) is 14.1 Å². The van der Waals surface area contributed by atoms with E-state index in [1.54, 1.807) is 18.2 Å². The van der Waals surface area contributed by atoms with Gasteiger partial charge in [0.1, 0.15) is 11.4 Å². The number of nitrogens with zero attached hydrogens (tertiary/aromatic N) is 1. The molecule has 38 heavy (non-hydrogen) atoms. The largest absolute Gasteiger partial charge is 0.493 e. The Kier molecular flexibility index (Phi) is 8.05. The summed E-state index contributed by atoms with van der Waals surface area (Å²) in [7, 11) is 1.41. The molecular formula is C27H21FIN3O6.